The molecule has 1 aliphatic heterocycles. The maximum atomic E-state index is 11.9. The Morgan fingerprint density at radius 2 is 2.25 bits per heavy atom. The van der Waals surface area contributed by atoms with Crippen LogP contribution in [0.15, 0.2) is 5.16 Å². The molecule has 1 unspecified atom stereocenters. The molecular weight excluding hydrogens is 274 g/mol. The minimum atomic E-state index is -0.466. The van der Waals surface area contributed by atoms with Gasteiger partial charge in [0, 0.05) is 24.3 Å². The van der Waals surface area contributed by atoms with Gasteiger partial charge in [-0.3, -0.25) is 4.79 Å². The van der Waals surface area contributed by atoms with Crippen molar-refractivity contribution in [3.05, 3.63) is 15.6 Å². The van der Waals surface area contributed by atoms with E-state index in [1.165, 1.54) is 4.88 Å². The van der Waals surface area contributed by atoms with Gasteiger partial charge in [0.15, 0.2) is 0 Å². The summed E-state index contributed by atoms with van der Waals surface area (Å²) in [5, 5.41) is 7.92. The Morgan fingerprint density at radius 3 is 2.80 bits per heavy atom. The van der Waals surface area contributed by atoms with Crippen molar-refractivity contribution in [2.75, 3.05) is 6.54 Å². The first-order chi connectivity index (χ1) is 9.47. The molecule has 6 heteroatoms. The number of carbonyl (C=O) groups excluding carboxylic acids is 1. The second kappa shape index (κ2) is 6.35. The summed E-state index contributed by atoms with van der Waals surface area (Å²) in [7, 11) is 0. The SMILES string of the molecule is Cc1nc(CCNC(=O)C2CC(C(C)C)=NO2)sc1C. The van der Waals surface area contributed by atoms with Crippen molar-refractivity contribution >= 4 is 23.0 Å². The number of aromatic nitrogens is 1. The molecule has 0 saturated heterocycles. The Labute approximate surface area is 123 Å². The second-order valence-corrected chi connectivity index (χ2v) is 6.61. The Kier molecular flexibility index (Phi) is 4.75. The van der Waals surface area contributed by atoms with Crippen LogP contribution >= 0.6 is 11.3 Å². The van der Waals surface area contributed by atoms with Gasteiger partial charge in [0.05, 0.1) is 16.4 Å². The van der Waals surface area contributed by atoms with Crippen molar-refractivity contribution in [2.45, 2.75) is 46.6 Å². The lowest BCUT2D eigenvalue weighted by atomic mass is 10.0. The largest absolute Gasteiger partial charge is 0.382 e. The summed E-state index contributed by atoms with van der Waals surface area (Å²) in [6, 6.07) is 0. The number of hydrogen-bond acceptors (Lipinski definition) is 5. The molecule has 2 heterocycles. The van der Waals surface area contributed by atoms with E-state index >= 15 is 0 Å². The summed E-state index contributed by atoms with van der Waals surface area (Å²) < 4.78 is 0. The lowest BCUT2D eigenvalue weighted by Crippen LogP contribution is -2.36. The minimum Gasteiger partial charge on any atom is -0.382 e. The predicted octanol–water partition coefficient (Wildman–Crippen LogP) is 2.22. The third kappa shape index (κ3) is 3.56. The molecule has 1 N–H and O–H groups in total. The van der Waals surface area contributed by atoms with Crippen LogP contribution in [0.3, 0.4) is 0 Å². The highest BCUT2D eigenvalue weighted by Crippen LogP contribution is 2.17. The number of oxime groups is 1. The van der Waals surface area contributed by atoms with Crippen LogP contribution < -0.4 is 5.32 Å². The minimum absolute atomic E-state index is 0.0885. The van der Waals surface area contributed by atoms with Crippen molar-refractivity contribution in [2.24, 2.45) is 11.1 Å². The van der Waals surface area contributed by atoms with Gasteiger partial charge < -0.3 is 10.2 Å². The number of amides is 1. The van der Waals surface area contributed by atoms with Gasteiger partial charge in [-0.2, -0.15) is 0 Å². The summed E-state index contributed by atoms with van der Waals surface area (Å²) in [5.74, 6) is 0.239. The zero-order valence-corrected chi connectivity index (χ0v) is 13.2. The molecule has 5 nitrogen and oxygen atoms in total. The summed E-state index contributed by atoms with van der Waals surface area (Å²) >= 11 is 1.69. The lowest BCUT2D eigenvalue weighted by Gasteiger charge is -2.09. The first-order valence-corrected chi connectivity index (χ1v) is 7.72. The third-order valence-electron chi connectivity index (χ3n) is 3.36. The molecule has 0 aliphatic carbocycles. The number of rotatable bonds is 5. The van der Waals surface area contributed by atoms with Crippen LogP contribution in [0.25, 0.3) is 0 Å². The summed E-state index contributed by atoms with van der Waals surface area (Å²) in [4.78, 5) is 22.8. The Balaban J connectivity index is 1.74. The number of thiazole rings is 1. The van der Waals surface area contributed by atoms with Crippen molar-refractivity contribution < 1.29 is 9.63 Å². The average Bonchev–Trinajstić information content (AvgIpc) is 2.97. The zero-order valence-electron chi connectivity index (χ0n) is 12.4. The lowest BCUT2D eigenvalue weighted by molar-refractivity contribution is -0.131. The van der Waals surface area contributed by atoms with Gasteiger partial charge in [-0.25, -0.2) is 4.98 Å². The Bertz CT molecular complexity index is 503. The van der Waals surface area contributed by atoms with E-state index in [0.29, 0.717) is 18.9 Å². The fraction of sp³-hybridized carbons (Fsp3) is 0.643. The average molecular weight is 295 g/mol. The standard InChI is InChI=1S/C14H21N3O2S/c1-8(2)11-7-12(19-17-11)14(18)15-6-5-13-16-9(3)10(4)20-13/h8,12H,5-7H2,1-4H3,(H,15,18). The summed E-state index contributed by atoms with van der Waals surface area (Å²) in [5.41, 5.74) is 2.03. The number of nitrogens with zero attached hydrogens (tertiary/aromatic N) is 2. The van der Waals surface area contributed by atoms with Crippen LogP contribution in [0, 0.1) is 19.8 Å². The van der Waals surface area contributed by atoms with Gasteiger partial charge in [-0.1, -0.05) is 19.0 Å². The maximum absolute atomic E-state index is 11.9. The van der Waals surface area contributed by atoms with Gasteiger partial charge in [0.2, 0.25) is 6.10 Å². The van der Waals surface area contributed by atoms with E-state index in [9.17, 15) is 4.79 Å². The van der Waals surface area contributed by atoms with E-state index in [2.05, 4.69) is 36.2 Å². The van der Waals surface area contributed by atoms with Crippen LogP contribution in [0.5, 0.6) is 0 Å². The van der Waals surface area contributed by atoms with Crippen LogP contribution in [-0.2, 0) is 16.1 Å². The molecule has 1 amide bonds. The van der Waals surface area contributed by atoms with E-state index in [0.717, 1.165) is 22.8 Å². The number of aryl methyl sites for hydroxylation is 2. The molecule has 1 atom stereocenters. The molecule has 0 spiro atoms. The van der Waals surface area contributed by atoms with E-state index in [1.54, 1.807) is 11.3 Å². The molecule has 20 heavy (non-hydrogen) atoms. The highest BCUT2D eigenvalue weighted by atomic mass is 32.1. The summed E-state index contributed by atoms with van der Waals surface area (Å²) in [6.07, 6.45) is 0.890. The van der Waals surface area contributed by atoms with Crippen LogP contribution in [0.2, 0.25) is 0 Å². The molecule has 0 aromatic carbocycles. The van der Waals surface area contributed by atoms with E-state index in [4.69, 9.17) is 4.84 Å². The predicted molar refractivity (Wildman–Crippen MR) is 80.1 cm³/mol. The topological polar surface area (TPSA) is 63.6 Å². The number of hydrogen-bond donors (Lipinski definition) is 1. The van der Waals surface area contributed by atoms with Crippen molar-refractivity contribution in [3.63, 3.8) is 0 Å². The molecule has 1 aromatic heterocycles. The molecular formula is C14H21N3O2S. The van der Waals surface area contributed by atoms with Crippen LogP contribution in [0.4, 0.5) is 0 Å². The van der Waals surface area contributed by atoms with Crippen LogP contribution in [0.1, 0.15) is 35.8 Å². The highest BCUT2D eigenvalue weighted by Gasteiger charge is 2.28. The maximum Gasteiger partial charge on any atom is 0.264 e. The fourth-order valence-corrected chi connectivity index (χ4v) is 2.86. The molecule has 0 radical (unpaired) electrons. The fourth-order valence-electron chi connectivity index (χ4n) is 1.93. The molecule has 0 saturated carbocycles. The van der Waals surface area contributed by atoms with Gasteiger partial charge in [0.1, 0.15) is 0 Å². The van der Waals surface area contributed by atoms with E-state index < -0.39 is 6.10 Å². The quantitative estimate of drug-likeness (QED) is 0.906. The first kappa shape index (κ1) is 15.0. The van der Waals surface area contributed by atoms with Gasteiger partial charge in [-0.05, 0) is 19.8 Å². The molecule has 1 aliphatic rings. The second-order valence-electron chi connectivity index (χ2n) is 5.33. The third-order valence-corrected chi connectivity index (χ3v) is 4.49. The van der Waals surface area contributed by atoms with Gasteiger partial charge >= 0.3 is 0 Å². The molecule has 0 bridgehead atoms. The monoisotopic (exact) mass is 295 g/mol. The molecule has 1 aromatic rings. The molecule has 0 fully saturated rings. The number of carbonyl (C=O) groups is 1. The van der Waals surface area contributed by atoms with E-state index in [1.807, 2.05) is 6.92 Å². The van der Waals surface area contributed by atoms with Gasteiger partial charge in [-0.15, -0.1) is 11.3 Å². The van der Waals surface area contributed by atoms with E-state index in [-0.39, 0.29) is 5.91 Å². The molecule has 2 rings (SSSR count). The Morgan fingerprint density at radius 1 is 1.50 bits per heavy atom. The summed E-state index contributed by atoms with van der Waals surface area (Å²) in [6.45, 7) is 8.75. The van der Waals surface area contributed by atoms with Crippen molar-refractivity contribution in [1.29, 1.82) is 0 Å². The molecule has 110 valence electrons. The van der Waals surface area contributed by atoms with Crippen molar-refractivity contribution in [3.8, 4) is 0 Å². The van der Waals surface area contributed by atoms with Gasteiger partial charge in [0.25, 0.3) is 5.91 Å². The highest BCUT2D eigenvalue weighted by molar-refractivity contribution is 7.11. The van der Waals surface area contributed by atoms with Crippen LogP contribution in [-0.4, -0.2) is 29.3 Å². The Hall–Kier alpha value is -1.43. The number of nitrogens with one attached hydrogen (secondary N) is 1. The first-order valence-electron chi connectivity index (χ1n) is 6.90. The zero-order chi connectivity index (χ0) is 14.7. The van der Waals surface area contributed by atoms with Crippen molar-refractivity contribution in [1.82, 2.24) is 10.3 Å². The smallest absolute Gasteiger partial charge is 0.264 e. The normalized spacial score (nSPS) is 18.1.